The number of hydrogen-bond acceptors (Lipinski definition) is 2. The molecule has 2 N–H and O–H groups in total. The van der Waals surface area contributed by atoms with Crippen molar-refractivity contribution in [3.63, 3.8) is 0 Å². The molecular weight excluding hydrogens is 116 g/mol. The van der Waals surface area contributed by atoms with Gasteiger partial charge in [0, 0.05) is 12.5 Å². The highest BCUT2D eigenvalue weighted by atomic mass is 16.3. The van der Waals surface area contributed by atoms with Crippen LogP contribution in [0.5, 0.6) is 11.5 Å². The van der Waals surface area contributed by atoms with Crippen LogP contribution in [0.2, 0.25) is 0 Å². The van der Waals surface area contributed by atoms with Gasteiger partial charge in [-0.25, -0.2) is 0 Å². The predicted octanol–water partition coefficient (Wildman–Crippen LogP) is 1.16. The Morgan fingerprint density at radius 3 is 1.89 bits per heavy atom. The fourth-order valence-corrected chi connectivity index (χ4v) is 0.541. The number of aromatic hydroxyl groups is 2. The summed E-state index contributed by atoms with van der Waals surface area (Å²) in [5.41, 5.74) is 0.0255. The number of phenols is 2. The Labute approximate surface area is 53.4 Å². The van der Waals surface area contributed by atoms with Gasteiger partial charge in [-0.1, -0.05) is 6.07 Å². The molecule has 0 saturated carbocycles. The lowest BCUT2D eigenvalue weighted by molar-refractivity contribution is 0.446. The van der Waals surface area contributed by atoms with Gasteiger partial charge in [-0.2, -0.15) is 0 Å². The summed E-state index contributed by atoms with van der Waals surface area (Å²) in [4.78, 5) is 0. The van der Waals surface area contributed by atoms with Gasteiger partial charge < -0.3 is 10.2 Å². The number of rotatable bonds is 0. The molecule has 0 amide bonds. The third kappa shape index (κ3) is 0.964. The lowest BCUT2D eigenvalue weighted by Gasteiger charge is -1.97. The minimum absolute atomic E-state index is 0.0255. The maximum Gasteiger partial charge on any atom is 0.122 e. The van der Waals surface area contributed by atoms with Crippen molar-refractivity contribution >= 4 is 0 Å². The van der Waals surface area contributed by atoms with Crippen LogP contribution in [-0.4, -0.2) is 10.2 Å². The summed E-state index contributed by atoms with van der Waals surface area (Å²) >= 11 is 0. The number of hydrogen-bond donors (Lipinski definition) is 2. The topological polar surface area (TPSA) is 40.5 Å². The molecule has 0 unspecified atom stereocenters. The minimum atomic E-state index is -0.0880. The van der Waals surface area contributed by atoms with Gasteiger partial charge in [-0.15, -0.1) is 0 Å². The Morgan fingerprint density at radius 1 is 1.11 bits per heavy atom. The number of benzene rings is 1. The van der Waals surface area contributed by atoms with Crippen LogP contribution in [0.4, 0.5) is 0 Å². The van der Waals surface area contributed by atoms with Gasteiger partial charge in [0.05, 0.1) is 0 Å². The maximum absolute atomic E-state index is 8.82. The summed E-state index contributed by atoms with van der Waals surface area (Å²) in [7, 11) is 0. The second-order valence-corrected chi connectivity index (χ2v) is 1.71. The Bertz CT molecular complexity index is 198. The predicted molar refractivity (Wildman–Crippen MR) is 33.2 cm³/mol. The average molecular weight is 122 g/mol. The highest BCUT2D eigenvalue weighted by molar-refractivity contribution is 5.44. The molecule has 9 heavy (non-hydrogen) atoms. The van der Waals surface area contributed by atoms with Crippen molar-refractivity contribution in [2.75, 3.05) is 0 Å². The lowest BCUT2D eigenvalue weighted by Crippen LogP contribution is -1.73. The van der Waals surface area contributed by atoms with Gasteiger partial charge in [-0.05, 0) is 12.1 Å². The zero-order valence-corrected chi connectivity index (χ0v) is 4.70. The summed E-state index contributed by atoms with van der Waals surface area (Å²) in [6.07, 6.45) is 0. The molecule has 0 heterocycles. The van der Waals surface area contributed by atoms with Gasteiger partial charge in [0.2, 0.25) is 0 Å². The van der Waals surface area contributed by atoms with Crippen LogP contribution in [-0.2, 0) is 0 Å². The molecule has 0 atom stereocenters. The summed E-state index contributed by atoms with van der Waals surface area (Å²) in [5, 5.41) is 17.6. The Balaban J connectivity index is 3.25. The minimum Gasteiger partial charge on any atom is -0.508 e. The van der Waals surface area contributed by atoms with E-state index >= 15 is 0 Å². The third-order valence-electron chi connectivity index (χ3n) is 1.06. The monoisotopic (exact) mass is 122 g/mol. The van der Waals surface area contributed by atoms with Crippen LogP contribution >= 0.6 is 0 Å². The molecule has 0 saturated heterocycles. The van der Waals surface area contributed by atoms with E-state index in [-0.39, 0.29) is 17.1 Å². The number of phenolic OH excluding ortho intramolecular Hbond substituents is 2. The Hall–Kier alpha value is -1.18. The van der Waals surface area contributed by atoms with Crippen molar-refractivity contribution in [2.45, 2.75) is 0 Å². The van der Waals surface area contributed by atoms with Crippen LogP contribution in [0.1, 0.15) is 5.56 Å². The fourth-order valence-electron chi connectivity index (χ4n) is 0.541. The van der Waals surface area contributed by atoms with E-state index in [1.807, 2.05) is 0 Å². The van der Waals surface area contributed by atoms with E-state index in [4.69, 9.17) is 17.1 Å². The van der Waals surface area contributed by atoms with Gasteiger partial charge in [-0.3, -0.25) is 0 Å². The van der Waals surface area contributed by atoms with E-state index < -0.39 is 0 Å². The van der Waals surface area contributed by atoms with E-state index in [1.165, 1.54) is 18.2 Å². The van der Waals surface area contributed by atoms with Crippen molar-refractivity contribution < 1.29 is 10.2 Å². The molecule has 0 bridgehead atoms. The van der Waals surface area contributed by atoms with Gasteiger partial charge >= 0.3 is 0 Å². The van der Waals surface area contributed by atoms with Crippen LogP contribution in [0, 0.1) is 6.92 Å². The molecule has 0 aromatic heterocycles. The van der Waals surface area contributed by atoms with Crippen LogP contribution < -0.4 is 0 Å². The zero-order valence-electron chi connectivity index (χ0n) is 4.70. The van der Waals surface area contributed by atoms with E-state index in [1.54, 1.807) is 0 Å². The molecule has 46 valence electrons. The average Bonchev–Trinajstić information content (AvgIpc) is 1.83. The maximum atomic E-state index is 8.82. The first-order chi connectivity index (χ1) is 4.22. The highest BCUT2D eigenvalue weighted by Crippen LogP contribution is 2.23. The molecule has 1 aromatic rings. The standard InChI is InChI=1S/C7H6O2/c1-5-6(8)3-2-4-7(5)9/h1-4,8-9H. The molecule has 1 aromatic carbocycles. The van der Waals surface area contributed by atoms with Crippen molar-refractivity contribution in [3.8, 4) is 11.5 Å². The summed E-state index contributed by atoms with van der Waals surface area (Å²) < 4.78 is 0. The first-order valence-electron chi connectivity index (χ1n) is 2.48. The molecular formula is C7H6O2. The molecule has 0 aliphatic carbocycles. The van der Waals surface area contributed by atoms with E-state index in [9.17, 15) is 0 Å². The first-order valence-corrected chi connectivity index (χ1v) is 2.48. The Morgan fingerprint density at radius 2 is 1.56 bits per heavy atom. The fraction of sp³-hybridized carbons (Fsp3) is 0. The summed E-state index contributed by atoms with van der Waals surface area (Å²) in [6.45, 7) is 5.18. The first kappa shape index (κ1) is 5.95. The Kier molecular flexibility index (Phi) is 1.30. The van der Waals surface area contributed by atoms with Gasteiger partial charge in [0.1, 0.15) is 11.5 Å². The van der Waals surface area contributed by atoms with Crippen LogP contribution in [0.3, 0.4) is 0 Å². The summed E-state index contributed by atoms with van der Waals surface area (Å²) in [6, 6.07) is 4.34. The molecule has 0 spiro atoms. The molecule has 0 fully saturated rings. The second kappa shape index (κ2) is 1.97. The van der Waals surface area contributed by atoms with E-state index in [0.717, 1.165) is 0 Å². The molecule has 0 aliphatic heterocycles. The molecule has 1 rings (SSSR count). The van der Waals surface area contributed by atoms with Gasteiger partial charge in [0.25, 0.3) is 0 Å². The molecule has 2 heteroatoms. The largest absolute Gasteiger partial charge is 0.508 e. The SMILES string of the molecule is [CH]c1c(O)cccc1O. The van der Waals surface area contributed by atoms with Crippen LogP contribution in [0.15, 0.2) is 18.2 Å². The second-order valence-electron chi connectivity index (χ2n) is 1.71. The normalized spacial score (nSPS) is 9.44. The zero-order chi connectivity index (χ0) is 6.85. The molecule has 2 radical (unpaired) electrons. The molecule has 2 nitrogen and oxygen atoms in total. The smallest absolute Gasteiger partial charge is 0.122 e. The third-order valence-corrected chi connectivity index (χ3v) is 1.06. The van der Waals surface area contributed by atoms with Crippen molar-refractivity contribution in [3.05, 3.63) is 30.7 Å². The van der Waals surface area contributed by atoms with Crippen LogP contribution in [0.25, 0.3) is 0 Å². The lowest BCUT2D eigenvalue weighted by atomic mass is 10.2. The van der Waals surface area contributed by atoms with Crippen molar-refractivity contribution in [1.82, 2.24) is 0 Å². The quantitative estimate of drug-likeness (QED) is 0.542. The van der Waals surface area contributed by atoms with E-state index in [0.29, 0.717) is 0 Å². The van der Waals surface area contributed by atoms with Crippen molar-refractivity contribution in [2.24, 2.45) is 0 Å². The summed E-state index contributed by atoms with van der Waals surface area (Å²) in [5.74, 6) is -0.176. The molecule has 0 aliphatic rings. The van der Waals surface area contributed by atoms with Crippen molar-refractivity contribution in [1.29, 1.82) is 0 Å². The van der Waals surface area contributed by atoms with E-state index in [2.05, 4.69) is 0 Å². The highest BCUT2D eigenvalue weighted by Gasteiger charge is 1.97. The van der Waals surface area contributed by atoms with Gasteiger partial charge in [0.15, 0.2) is 0 Å².